The number of hydrogen-bond donors (Lipinski definition) is 1. The molecule has 0 spiro atoms. The van der Waals surface area contributed by atoms with Gasteiger partial charge in [-0.15, -0.1) is 0 Å². The van der Waals surface area contributed by atoms with Gasteiger partial charge in [0.05, 0.1) is 0 Å². The molecule has 5 heteroatoms. The van der Waals surface area contributed by atoms with Crippen molar-refractivity contribution in [2.45, 2.75) is 6.42 Å². The molecular formula is C17H12Cl2N2O. The lowest BCUT2D eigenvalue weighted by Crippen LogP contribution is -2.25. The van der Waals surface area contributed by atoms with Gasteiger partial charge in [0.25, 0.3) is 5.91 Å². The lowest BCUT2D eigenvalue weighted by Gasteiger charge is -2.00. The number of amidine groups is 1. The van der Waals surface area contributed by atoms with Gasteiger partial charge < -0.3 is 5.32 Å². The Bertz CT molecular complexity index is 762. The molecule has 1 heterocycles. The van der Waals surface area contributed by atoms with Crippen LogP contribution in [0.1, 0.15) is 11.1 Å². The number of rotatable bonds is 3. The summed E-state index contributed by atoms with van der Waals surface area (Å²) in [5.41, 5.74) is 2.31. The number of carbonyl (C=O) groups excluding carboxylic acids is 1. The average Bonchev–Trinajstić information content (AvgIpc) is 2.84. The molecule has 0 fully saturated rings. The van der Waals surface area contributed by atoms with Crippen LogP contribution in [0.5, 0.6) is 0 Å². The van der Waals surface area contributed by atoms with Gasteiger partial charge in [0.2, 0.25) is 0 Å². The van der Waals surface area contributed by atoms with Gasteiger partial charge >= 0.3 is 0 Å². The predicted octanol–water partition coefficient (Wildman–Crippen LogP) is 4.11. The first-order valence-corrected chi connectivity index (χ1v) is 7.46. The summed E-state index contributed by atoms with van der Waals surface area (Å²) in [4.78, 5) is 16.3. The fraction of sp³-hybridized carbons (Fsp3) is 0.0588. The van der Waals surface area contributed by atoms with Gasteiger partial charge in [-0.25, -0.2) is 4.99 Å². The van der Waals surface area contributed by atoms with Crippen LogP contribution in [0.15, 0.2) is 59.2 Å². The highest BCUT2D eigenvalue weighted by atomic mass is 35.5. The third-order valence-electron chi connectivity index (χ3n) is 3.20. The van der Waals surface area contributed by atoms with Gasteiger partial charge in [0.15, 0.2) is 0 Å². The topological polar surface area (TPSA) is 41.5 Å². The van der Waals surface area contributed by atoms with Crippen LogP contribution < -0.4 is 5.32 Å². The van der Waals surface area contributed by atoms with Gasteiger partial charge in [-0.05, 0) is 41.5 Å². The molecule has 1 amide bonds. The van der Waals surface area contributed by atoms with Gasteiger partial charge in [0, 0.05) is 16.5 Å². The molecule has 1 N–H and O–H groups in total. The Balaban J connectivity index is 1.79. The van der Waals surface area contributed by atoms with E-state index in [0.717, 1.165) is 11.1 Å². The first-order valence-electron chi connectivity index (χ1n) is 6.71. The van der Waals surface area contributed by atoms with Crippen LogP contribution in [-0.4, -0.2) is 11.7 Å². The molecule has 0 saturated carbocycles. The number of benzene rings is 2. The largest absolute Gasteiger partial charge is 0.308 e. The Kier molecular flexibility index (Phi) is 4.27. The molecule has 0 aromatic heterocycles. The van der Waals surface area contributed by atoms with Crippen LogP contribution in [0.3, 0.4) is 0 Å². The van der Waals surface area contributed by atoms with Gasteiger partial charge in [-0.1, -0.05) is 47.5 Å². The number of carbonyl (C=O) groups is 1. The van der Waals surface area contributed by atoms with Crippen molar-refractivity contribution in [3.05, 3.63) is 75.4 Å². The zero-order valence-electron chi connectivity index (χ0n) is 11.5. The number of nitrogens with one attached hydrogen (secondary N) is 1. The van der Waals surface area contributed by atoms with E-state index in [4.69, 9.17) is 23.2 Å². The lowest BCUT2D eigenvalue weighted by atomic mass is 10.1. The van der Waals surface area contributed by atoms with Crippen molar-refractivity contribution in [3.63, 3.8) is 0 Å². The van der Waals surface area contributed by atoms with Crippen molar-refractivity contribution in [2.75, 3.05) is 0 Å². The Morgan fingerprint density at radius 1 is 0.955 bits per heavy atom. The molecule has 3 rings (SSSR count). The smallest absolute Gasteiger partial charge is 0.275 e. The molecule has 2 aromatic carbocycles. The Morgan fingerprint density at radius 2 is 1.55 bits per heavy atom. The van der Waals surface area contributed by atoms with E-state index in [-0.39, 0.29) is 5.91 Å². The second-order valence-corrected chi connectivity index (χ2v) is 5.77. The SMILES string of the molecule is O=C1NC(Cc2ccc(Cl)cc2)=N/C1=C/c1ccc(Cl)cc1. The zero-order valence-corrected chi connectivity index (χ0v) is 13.0. The molecule has 1 aliphatic rings. The number of halogens is 2. The van der Waals surface area contributed by atoms with E-state index in [1.165, 1.54) is 0 Å². The highest BCUT2D eigenvalue weighted by molar-refractivity contribution is 6.30. The highest BCUT2D eigenvalue weighted by Crippen LogP contribution is 2.17. The van der Waals surface area contributed by atoms with E-state index in [1.54, 1.807) is 18.2 Å². The van der Waals surface area contributed by atoms with Crippen LogP contribution in [0, 0.1) is 0 Å². The molecule has 1 aliphatic heterocycles. The summed E-state index contributed by atoms with van der Waals surface area (Å²) in [7, 11) is 0. The van der Waals surface area contributed by atoms with E-state index in [2.05, 4.69) is 10.3 Å². The van der Waals surface area contributed by atoms with Crippen LogP contribution in [0.2, 0.25) is 10.0 Å². The number of hydrogen-bond acceptors (Lipinski definition) is 2. The number of amides is 1. The summed E-state index contributed by atoms with van der Waals surface area (Å²) >= 11 is 11.7. The first kappa shape index (κ1) is 14.8. The standard InChI is InChI=1S/C17H12Cl2N2O/c18-13-5-1-11(2-6-13)9-15-17(22)21-16(20-15)10-12-3-7-14(19)8-4-12/h1-9H,10H2,(H,20,21,22)/b15-9+. The average molecular weight is 331 g/mol. The third kappa shape index (κ3) is 3.56. The summed E-state index contributed by atoms with van der Waals surface area (Å²) in [5, 5.41) is 4.12. The molecule has 110 valence electrons. The molecule has 0 unspecified atom stereocenters. The van der Waals surface area contributed by atoms with Crippen LogP contribution in [0.4, 0.5) is 0 Å². The molecule has 0 saturated heterocycles. The molecular weight excluding hydrogens is 319 g/mol. The minimum absolute atomic E-state index is 0.195. The zero-order chi connectivity index (χ0) is 15.5. The molecule has 0 bridgehead atoms. The summed E-state index contributed by atoms with van der Waals surface area (Å²) in [6.07, 6.45) is 2.29. The Morgan fingerprint density at radius 3 is 2.18 bits per heavy atom. The van der Waals surface area contributed by atoms with Crippen molar-refractivity contribution in [2.24, 2.45) is 4.99 Å². The monoisotopic (exact) mass is 330 g/mol. The van der Waals surface area contributed by atoms with E-state index in [9.17, 15) is 4.79 Å². The minimum atomic E-state index is -0.195. The van der Waals surface area contributed by atoms with Crippen molar-refractivity contribution >= 4 is 41.0 Å². The summed E-state index contributed by atoms with van der Waals surface area (Å²) in [5.74, 6) is 0.437. The Hall–Kier alpha value is -2.10. The van der Waals surface area contributed by atoms with Crippen molar-refractivity contribution in [3.8, 4) is 0 Å². The molecule has 0 atom stereocenters. The van der Waals surface area contributed by atoms with Gasteiger partial charge in [-0.2, -0.15) is 0 Å². The number of aliphatic imine (C=N–C) groups is 1. The minimum Gasteiger partial charge on any atom is -0.308 e. The molecule has 22 heavy (non-hydrogen) atoms. The van der Waals surface area contributed by atoms with E-state index in [1.807, 2.05) is 36.4 Å². The summed E-state index contributed by atoms with van der Waals surface area (Å²) in [6.45, 7) is 0. The van der Waals surface area contributed by atoms with Crippen LogP contribution >= 0.6 is 23.2 Å². The molecule has 3 nitrogen and oxygen atoms in total. The van der Waals surface area contributed by atoms with Crippen molar-refractivity contribution in [1.29, 1.82) is 0 Å². The third-order valence-corrected chi connectivity index (χ3v) is 3.71. The van der Waals surface area contributed by atoms with E-state index < -0.39 is 0 Å². The lowest BCUT2D eigenvalue weighted by molar-refractivity contribution is -0.115. The normalized spacial score (nSPS) is 15.8. The maximum Gasteiger partial charge on any atom is 0.275 e. The second-order valence-electron chi connectivity index (χ2n) is 4.90. The van der Waals surface area contributed by atoms with Crippen molar-refractivity contribution < 1.29 is 4.79 Å². The van der Waals surface area contributed by atoms with Gasteiger partial charge in [0.1, 0.15) is 11.5 Å². The van der Waals surface area contributed by atoms with E-state index >= 15 is 0 Å². The second kappa shape index (κ2) is 6.34. The summed E-state index contributed by atoms with van der Waals surface area (Å²) in [6, 6.07) is 14.7. The summed E-state index contributed by atoms with van der Waals surface area (Å²) < 4.78 is 0. The van der Waals surface area contributed by atoms with Gasteiger partial charge in [-0.3, -0.25) is 4.79 Å². The fourth-order valence-corrected chi connectivity index (χ4v) is 2.37. The maximum atomic E-state index is 12.0. The highest BCUT2D eigenvalue weighted by Gasteiger charge is 2.19. The molecule has 0 radical (unpaired) electrons. The molecule has 2 aromatic rings. The fourth-order valence-electron chi connectivity index (χ4n) is 2.11. The molecule has 0 aliphatic carbocycles. The van der Waals surface area contributed by atoms with Crippen LogP contribution in [-0.2, 0) is 11.2 Å². The van der Waals surface area contributed by atoms with Crippen molar-refractivity contribution in [1.82, 2.24) is 5.32 Å². The maximum absolute atomic E-state index is 12.0. The quantitative estimate of drug-likeness (QED) is 0.845. The van der Waals surface area contributed by atoms with E-state index in [0.29, 0.717) is 28.0 Å². The number of nitrogens with zero attached hydrogens (tertiary/aromatic N) is 1. The Labute approximate surface area is 138 Å². The van der Waals surface area contributed by atoms with Crippen LogP contribution in [0.25, 0.3) is 6.08 Å². The first-order chi connectivity index (χ1) is 10.6. The predicted molar refractivity (Wildman–Crippen MR) is 90.2 cm³/mol.